The molecular formula is C21H20F3N3. The molecule has 1 unspecified atom stereocenters. The Kier molecular flexibility index (Phi) is 4.85. The molecule has 27 heavy (non-hydrogen) atoms. The molecule has 2 aromatic carbocycles. The number of rotatable bonds is 3. The third kappa shape index (κ3) is 3.68. The fourth-order valence-electron chi connectivity index (χ4n) is 3.76. The zero-order valence-electron chi connectivity index (χ0n) is 14.7. The Hall–Kier alpha value is -2.44. The number of benzene rings is 2. The number of piperazine rings is 1. The Morgan fingerprint density at radius 2 is 1.67 bits per heavy atom. The van der Waals surface area contributed by atoms with E-state index in [4.69, 9.17) is 0 Å². The largest absolute Gasteiger partial charge is 0.416 e. The predicted molar refractivity (Wildman–Crippen MR) is 99.5 cm³/mol. The number of halogens is 3. The second-order valence-corrected chi connectivity index (χ2v) is 6.73. The van der Waals surface area contributed by atoms with Gasteiger partial charge >= 0.3 is 6.18 Å². The topological polar surface area (TPSA) is 28.2 Å². The maximum atomic E-state index is 13.7. The van der Waals surface area contributed by atoms with Crippen molar-refractivity contribution in [3.8, 4) is 0 Å². The SMILES string of the molecule is FC(F)(F)c1ccccc1C(c1cnc2ccccc2c1)N1CCNCC1. The molecule has 1 aliphatic rings. The lowest BCUT2D eigenvalue weighted by Gasteiger charge is -2.36. The summed E-state index contributed by atoms with van der Waals surface area (Å²) in [6.45, 7) is 2.88. The first-order chi connectivity index (χ1) is 13.0. The minimum Gasteiger partial charge on any atom is -0.314 e. The summed E-state index contributed by atoms with van der Waals surface area (Å²) in [7, 11) is 0. The van der Waals surface area contributed by atoms with E-state index in [0.717, 1.165) is 29.6 Å². The van der Waals surface area contributed by atoms with Gasteiger partial charge in [-0.25, -0.2) is 0 Å². The lowest BCUT2D eigenvalue weighted by atomic mass is 9.92. The lowest BCUT2D eigenvalue weighted by Crippen LogP contribution is -2.45. The van der Waals surface area contributed by atoms with E-state index in [1.54, 1.807) is 18.3 Å². The zero-order chi connectivity index (χ0) is 18.9. The number of aromatic nitrogens is 1. The summed E-state index contributed by atoms with van der Waals surface area (Å²) in [5, 5.41) is 4.20. The van der Waals surface area contributed by atoms with Crippen molar-refractivity contribution in [2.75, 3.05) is 26.2 Å². The van der Waals surface area contributed by atoms with Crippen LogP contribution in [0.15, 0.2) is 60.8 Å². The summed E-state index contributed by atoms with van der Waals surface area (Å²) < 4.78 is 41.1. The van der Waals surface area contributed by atoms with Gasteiger partial charge in [0.05, 0.1) is 17.1 Å². The Morgan fingerprint density at radius 3 is 2.44 bits per heavy atom. The van der Waals surface area contributed by atoms with E-state index in [2.05, 4.69) is 15.2 Å². The molecule has 4 rings (SSSR count). The second-order valence-electron chi connectivity index (χ2n) is 6.73. The van der Waals surface area contributed by atoms with Crippen molar-refractivity contribution in [3.63, 3.8) is 0 Å². The van der Waals surface area contributed by atoms with E-state index in [0.29, 0.717) is 13.1 Å². The third-order valence-electron chi connectivity index (χ3n) is 5.00. The van der Waals surface area contributed by atoms with Gasteiger partial charge in [-0.05, 0) is 29.3 Å². The normalized spacial score (nSPS) is 17.1. The molecule has 1 fully saturated rings. The van der Waals surface area contributed by atoms with Crippen molar-refractivity contribution in [1.29, 1.82) is 0 Å². The number of nitrogens with one attached hydrogen (secondary N) is 1. The van der Waals surface area contributed by atoms with Crippen LogP contribution in [0.3, 0.4) is 0 Å². The van der Waals surface area contributed by atoms with Gasteiger partial charge in [0.25, 0.3) is 0 Å². The van der Waals surface area contributed by atoms with Crippen LogP contribution >= 0.6 is 0 Å². The highest BCUT2D eigenvalue weighted by Gasteiger charge is 2.37. The van der Waals surface area contributed by atoms with E-state index in [1.165, 1.54) is 12.1 Å². The maximum absolute atomic E-state index is 13.7. The molecule has 2 heterocycles. The number of pyridine rings is 1. The fourth-order valence-corrected chi connectivity index (χ4v) is 3.76. The summed E-state index contributed by atoms with van der Waals surface area (Å²) in [5.74, 6) is 0. The van der Waals surface area contributed by atoms with Gasteiger partial charge in [0, 0.05) is 37.8 Å². The first-order valence-electron chi connectivity index (χ1n) is 8.99. The van der Waals surface area contributed by atoms with Crippen molar-refractivity contribution in [2.45, 2.75) is 12.2 Å². The molecule has 3 aromatic rings. The van der Waals surface area contributed by atoms with E-state index in [-0.39, 0.29) is 5.56 Å². The maximum Gasteiger partial charge on any atom is 0.416 e. The molecule has 1 saturated heterocycles. The van der Waals surface area contributed by atoms with Crippen LogP contribution in [0.25, 0.3) is 10.9 Å². The summed E-state index contributed by atoms with van der Waals surface area (Å²) in [4.78, 5) is 6.59. The average Bonchev–Trinajstić information content (AvgIpc) is 2.69. The van der Waals surface area contributed by atoms with Crippen LogP contribution < -0.4 is 5.32 Å². The molecule has 0 aliphatic carbocycles. The van der Waals surface area contributed by atoms with Gasteiger partial charge in [-0.1, -0.05) is 36.4 Å². The van der Waals surface area contributed by atoms with E-state index < -0.39 is 17.8 Å². The number of hydrogen-bond acceptors (Lipinski definition) is 3. The number of fused-ring (bicyclic) bond motifs is 1. The Bertz CT molecular complexity index is 933. The Labute approximate surface area is 155 Å². The minimum atomic E-state index is -4.40. The molecular weight excluding hydrogens is 351 g/mol. The van der Waals surface area contributed by atoms with E-state index in [9.17, 15) is 13.2 Å². The summed E-state index contributed by atoms with van der Waals surface area (Å²) in [5.41, 5.74) is 1.32. The van der Waals surface area contributed by atoms with Crippen LogP contribution in [0.2, 0.25) is 0 Å². The second kappa shape index (κ2) is 7.29. The van der Waals surface area contributed by atoms with Gasteiger partial charge in [-0.15, -0.1) is 0 Å². The number of hydrogen-bond donors (Lipinski definition) is 1. The third-order valence-corrected chi connectivity index (χ3v) is 5.00. The molecule has 0 bridgehead atoms. The van der Waals surface area contributed by atoms with Crippen molar-refractivity contribution >= 4 is 10.9 Å². The molecule has 1 aliphatic heterocycles. The van der Waals surface area contributed by atoms with Gasteiger partial charge in [0.2, 0.25) is 0 Å². The van der Waals surface area contributed by atoms with Crippen LogP contribution in [0.5, 0.6) is 0 Å². The summed E-state index contributed by atoms with van der Waals surface area (Å²) in [6, 6.07) is 15.0. The quantitative estimate of drug-likeness (QED) is 0.746. The molecule has 1 N–H and O–H groups in total. The van der Waals surface area contributed by atoms with Gasteiger partial charge in [0.15, 0.2) is 0 Å². The van der Waals surface area contributed by atoms with E-state index >= 15 is 0 Å². The predicted octanol–water partition coefficient (Wildman–Crippen LogP) is 4.25. The smallest absolute Gasteiger partial charge is 0.314 e. The van der Waals surface area contributed by atoms with Crippen molar-refractivity contribution in [3.05, 3.63) is 77.5 Å². The zero-order valence-corrected chi connectivity index (χ0v) is 14.7. The standard InChI is InChI=1S/C21H20F3N3/c22-21(23,24)18-7-3-2-6-17(18)20(27-11-9-25-10-12-27)16-13-15-5-1-4-8-19(15)26-14-16/h1-8,13-14,20,25H,9-12H2. The lowest BCUT2D eigenvalue weighted by molar-refractivity contribution is -0.138. The Morgan fingerprint density at radius 1 is 0.963 bits per heavy atom. The number of nitrogens with zero attached hydrogens (tertiary/aromatic N) is 2. The van der Waals surface area contributed by atoms with Crippen LogP contribution in [0, 0.1) is 0 Å². The molecule has 140 valence electrons. The average molecular weight is 371 g/mol. The first kappa shape index (κ1) is 17.9. The molecule has 3 nitrogen and oxygen atoms in total. The molecule has 0 amide bonds. The highest BCUT2D eigenvalue weighted by Crippen LogP contribution is 2.39. The van der Waals surface area contributed by atoms with Gasteiger partial charge in [-0.2, -0.15) is 13.2 Å². The highest BCUT2D eigenvalue weighted by atomic mass is 19.4. The van der Waals surface area contributed by atoms with Gasteiger partial charge in [-0.3, -0.25) is 9.88 Å². The molecule has 6 heteroatoms. The van der Waals surface area contributed by atoms with E-state index in [1.807, 2.05) is 30.3 Å². The highest BCUT2D eigenvalue weighted by molar-refractivity contribution is 5.79. The summed E-state index contributed by atoms with van der Waals surface area (Å²) >= 11 is 0. The van der Waals surface area contributed by atoms with Crippen LogP contribution in [-0.4, -0.2) is 36.1 Å². The van der Waals surface area contributed by atoms with Crippen LogP contribution in [0.1, 0.15) is 22.7 Å². The molecule has 1 atom stereocenters. The summed E-state index contributed by atoms with van der Waals surface area (Å²) in [6.07, 6.45) is -2.69. The van der Waals surface area contributed by atoms with Gasteiger partial charge < -0.3 is 5.32 Å². The molecule has 0 radical (unpaired) electrons. The molecule has 1 aromatic heterocycles. The van der Waals surface area contributed by atoms with Gasteiger partial charge in [0.1, 0.15) is 0 Å². The molecule has 0 saturated carbocycles. The van der Waals surface area contributed by atoms with Crippen molar-refractivity contribution < 1.29 is 13.2 Å². The van der Waals surface area contributed by atoms with Crippen LogP contribution in [0.4, 0.5) is 13.2 Å². The number of para-hydroxylation sites is 1. The minimum absolute atomic E-state index is 0.281. The fraction of sp³-hybridized carbons (Fsp3) is 0.286. The van der Waals surface area contributed by atoms with Crippen molar-refractivity contribution in [2.24, 2.45) is 0 Å². The number of alkyl halides is 3. The first-order valence-corrected chi connectivity index (χ1v) is 8.99. The monoisotopic (exact) mass is 371 g/mol. The van der Waals surface area contributed by atoms with Crippen LogP contribution in [-0.2, 0) is 6.18 Å². The van der Waals surface area contributed by atoms with Crippen molar-refractivity contribution in [1.82, 2.24) is 15.2 Å². The molecule has 0 spiro atoms. The Balaban J connectivity index is 1.87.